The predicted octanol–water partition coefficient (Wildman–Crippen LogP) is 2.85. The normalized spacial score (nSPS) is 62.0. The van der Waals surface area contributed by atoms with E-state index in [0.29, 0.717) is 11.8 Å². The number of fused-ring (bicyclic) bond motifs is 8. The molecule has 1 heterocycles. The molecule has 0 aromatic rings. The van der Waals surface area contributed by atoms with E-state index in [4.69, 9.17) is 4.74 Å². The zero-order valence-electron chi connectivity index (χ0n) is 12.6. The molecule has 2 bridgehead atoms. The van der Waals surface area contributed by atoms with Gasteiger partial charge < -0.3 is 4.74 Å². The second kappa shape index (κ2) is 2.97. The van der Waals surface area contributed by atoms with Crippen LogP contribution in [0.5, 0.6) is 0 Å². The van der Waals surface area contributed by atoms with Crippen LogP contribution in [0.2, 0.25) is 0 Å². The SMILES string of the molecule is O=C1OC(=O)C23CC4=C5CC12CC1CC2C5CC4C2CC1C3. The Hall–Kier alpha value is -1.12. The Morgan fingerprint density at radius 1 is 0.773 bits per heavy atom. The molecular formula is C19H20O3. The number of allylic oxidation sites excluding steroid dienone is 2. The van der Waals surface area contributed by atoms with Gasteiger partial charge in [-0.2, -0.15) is 0 Å². The summed E-state index contributed by atoms with van der Waals surface area (Å²) in [6.45, 7) is 0. The molecule has 0 spiro atoms. The molecule has 4 fully saturated rings. The maximum Gasteiger partial charge on any atom is 0.321 e. The lowest BCUT2D eigenvalue weighted by Crippen LogP contribution is -2.59. The lowest BCUT2D eigenvalue weighted by atomic mass is 9.40. The number of hydrogen-bond donors (Lipinski definition) is 0. The van der Waals surface area contributed by atoms with Gasteiger partial charge in [0.15, 0.2) is 0 Å². The van der Waals surface area contributed by atoms with Crippen molar-refractivity contribution in [1.82, 2.24) is 0 Å². The maximum atomic E-state index is 12.8. The Morgan fingerprint density at radius 2 is 1.27 bits per heavy atom. The summed E-state index contributed by atoms with van der Waals surface area (Å²) in [4.78, 5) is 25.6. The van der Waals surface area contributed by atoms with Crippen molar-refractivity contribution in [3.63, 3.8) is 0 Å². The van der Waals surface area contributed by atoms with Crippen molar-refractivity contribution in [2.24, 2.45) is 46.3 Å². The van der Waals surface area contributed by atoms with Crippen LogP contribution in [0.4, 0.5) is 0 Å². The molecule has 8 atom stereocenters. The van der Waals surface area contributed by atoms with E-state index in [1.54, 1.807) is 11.1 Å². The van der Waals surface area contributed by atoms with Crippen molar-refractivity contribution in [3.8, 4) is 0 Å². The zero-order chi connectivity index (χ0) is 14.4. The summed E-state index contributed by atoms with van der Waals surface area (Å²) >= 11 is 0. The average molecular weight is 296 g/mol. The van der Waals surface area contributed by atoms with E-state index < -0.39 is 10.8 Å². The highest BCUT2D eigenvalue weighted by atomic mass is 16.6. The molecule has 3 saturated carbocycles. The fraction of sp³-hybridized carbons (Fsp3) is 0.789. The number of carbonyl (C=O) groups excluding carboxylic acids is 2. The van der Waals surface area contributed by atoms with Gasteiger partial charge in [0, 0.05) is 0 Å². The Labute approximate surface area is 129 Å². The first kappa shape index (κ1) is 11.4. The van der Waals surface area contributed by atoms with Crippen LogP contribution in [0.25, 0.3) is 0 Å². The van der Waals surface area contributed by atoms with Gasteiger partial charge in [-0.15, -0.1) is 0 Å². The van der Waals surface area contributed by atoms with Crippen LogP contribution < -0.4 is 0 Å². The summed E-state index contributed by atoms with van der Waals surface area (Å²) in [7, 11) is 0. The minimum Gasteiger partial charge on any atom is -0.392 e. The van der Waals surface area contributed by atoms with E-state index in [9.17, 15) is 9.59 Å². The molecule has 8 unspecified atom stereocenters. The molecule has 114 valence electrons. The van der Waals surface area contributed by atoms with E-state index in [0.717, 1.165) is 49.4 Å². The minimum atomic E-state index is -0.466. The van der Waals surface area contributed by atoms with Crippen LogP contribution in [-0.4, -0.2) is 11.9 Å². The highest BCUT2D eigenvalue weighted by molar-refractivity contribution is 6.03. The fourth-order valence-electron chi connectivity index (χ4n) is 8.65. The molecule has 3 nitrogen and oxygen atoms in total. The highest BCUT2D eigenvalue weighted by Gasteiger charge is 2.77. The summed E-state index contributed by atoms with van der Waals surface area (Å²) in [5, 5.41) is 0. The van der Waals surface area contributed by atoms with Gasteiger partial charge in [0.2, 0.25) is 0 Å². The number of carbonyl (C=O) groups is 2. The van der Waals surface area contributed by atoms with E-state index in [1.807, 2.05) is 0 Å². The highest BCUT2D eigenvalue weighted by Crippen LogP contribution is 2.77. The Morgan fingerprint density at radius 3 is 1.77 bits per heavy atom. The Bertz CT molecular complexity index is 662. The molecule has 6 rings (SSSR count). The number of ether oxygens (including phenoxy) is 1. The van der Waals surface area contributed by atoms with E-state index in [-0.39, 0.29) is 11.9 Å². The summed E-state index contributed by atoms with van der Waals surface area (Å²) in [6, 6.07) is 0. The molecule has 0 aromatic heterocycles. The van der Waals surface area contributed by atoms with E-state index >= 15 is 0 Å². The summed E-state index contributed by atoms with van der Waals surface area (Å²) in [6.07, 6.45) is 7.63. The zero-order valence-corrected chi connectivity index (χ0v) is 12.6. The second-order valence-electron chi connectivity index (χ2n) is 9.42. The summed E-state index contributed by atoms with van der Waals surface area (Å²) < 4.78 is 5.32. The topological polar surface area (TPSA) is 43.4 Å². The number of cyclic esters (lactones) is 2. The monoisotopic (exact) mass is 296 g/mol. The molecule has 3 heteroatoms. The van der Waals surface area contributed by atoms with Gasteiger partial charge in [-0.25, -0.2) is 0 Å². The largest absolute Gasteiger partial charge is 0.392 e. The first-order valence-corrected chi connectivity index (χ1v) is 9.11. The smallest absolute Gasteiger partial charge is 0.321 e. The van der Waals surface area contributed by atoms with Gasteiger partial charge in [-0.3, -0.25) is 9.59 Å². The van der Waals surface area contributed by atoms with Crippen LogP contribution in [-0.2, 0) is 14.3 Å². The van der Waals surface area contributed by atoms with Crippen molar-refractivity contribution >= 4 is 11.9 Å². The third-order valence-electron chi connectivity index (χ3n) is 9.30. The molecule has 1 aliphatic heterocycles. The minimum absolute atomic E-state index is 0.161. The van der Waals surface area contributed by atoms with Crippen molar-refractivity contribution in [3.05, 3.63) is 11.1 Å². The molecular weight excluding hydrogens is 276 g/mol. The molecule has 0 aromatic carbocycles. The van der Waals surface area contributed by atoms with Crippen LogP contribution in [0, 0.1) is 46.3 Å². The van der Waals surface area contributed by atoms with Crippen molar-refractivity contribution in [1.29, 1.82) is 0 Å². The molecule has 0 amide bonds. The maximum absolute atomic E-state index is 12.8. The molecule has 22 heavy (non-hydrogen) atoms. The van der Waals surface area contributed by atoms with Crippen LogP contribution in [0.1, 0.15) is 44.9 Å². The fourth-order valence-corrected chi connectivity index (χ4v) is 8.65. The van der Waals surface area contributed by atoms with Gasteiger partial charge in [0.25, 0.3) is 0 Å². The van der Waals surface area contributed by atoms with Crippen LogP contribution in [0.15, 0.2) is 11.1 Å². The van der Waals surface area contributed by atoms with E-state index in [1.165, 1.54) is 19.3 Å². The van der Waals surface area contributed by atoms with Crippen molar-refractivity contribution in [2.75, 3.05) is 0 Å². The Balaban J connectivity index is 1.59. The standard InChI is InChI=1S/C19H20O3/c20-16-18-4-8-1-10-11-2-9(8)5-19(18,17(21)22-16)7-15-13(11)3-12(10)14(15)6-18/h8-13H,1-7H2. The first-order chi connectivity index (χ1) is 10.6. The number of rotatable bonds is 0. The van der Waals surface area contributed by atoms with Crippen LogP contribution >= 0.6 is 0 Å². The van der Waals surface area contributed by atoms with Gasteiger partial charge in [-0.05, 0) is 80.5 Å². The van der Waals surface area contributed by atoms with Crippen molar-refractivity contribution < 1.29 is 14.3 Å². The second-order valence-corrected chi connectivity index (χ2v) is 9.42. The predicted molar refractivity (Wildman–Crippen MR) is 76.3 cm³/mol. The van der Waals surface area contributed by atoms with Crippen molar-refractivity contribution in [2.45, 2.75) is 44.9 Å². The lowest BCUT2D eigenvalue weighted by Gasteiger charge is -2.61. The number of hydrogen-bond acceptors (Lipinski definition) is 3. The Kier molecular flexibility index (Phi) is 1.54. The molecule has 6 aliphatic rings. The molecule has 5 aliphatic carbocycles. The van der Waals surface area contributed by atoms with E-state index in [2.05, 4.69) is 0 Å². The third kappa shape index (κ3) is 0.858. The lowest BCUT2D eigenvalue weighted by molar-refractivity contribution is -0.156. The van der Waals surface area contributed by atoms with Gasteiger partial charge >= 0.3 is 11.9 Å². The average Bonchev–Trinajstić information content (AvgIpc) is 3.06. The van der Waals surface area contributed by atoms with Gasteiger partial charge in [0.1, 0.15) is 0 Å². The number of esters is 2. The summed E-state index contributed by atoms with van der Waals surface area (Å²) in [5.74, 6) is 4.35. The quantitative estimate of drug-likeness (QED) is 0.392. The van der Waals surface area contributed by atoms with Crippen LogP contribution in [0.3, 0.4) is 0 Å². The summed E-state index contributed by atoms with van der Waals surface area (Å²) in [5.41, 5.74) is 2.30. The molecule has 0 radical (unpaired) electrons. The first-order valence-electron chi connectivity index (χ1n) is 9.11. The molecule has 0 N–H and O–H groups in total. The van der Waals surface area contributed by atoms with Gasteiger partial charge in [-0.1, -0.05) is 11.1 Å². The molecule has 1 saturated heterocycles. The van der Waals surface area contributed by atoms with Gasteiger partial charge in [0.05, 0.1) is 10.8 Å². The third-order valence-corrected chi connectivity index (χ3v) is 9.30.